The zero-order chi connectivity index (χ0) is 26.9. The average Bonchev–Trinajstić information content (AvgIpc) is 2.87. The van der Waals surface area contributed by atoms with Gasteiger partial charge >= 0.3 is 0 Å². The van der Waals surface area contributed by atoms with E-state index in [1.807, 2.05) is 12.1 Å². The number of ether oxygens (including phenoxy) is 1. The van der Waals surface area contributed by atoms with Crippen molar-refractivity contribution >= 4 is 28.3 Å². The van der Waals surface area contributed by atoms with Crippen molar-refractivity contribution in [1.29, 1.82) is 0 Å². The van der Waals surface area contributed by atoms with Crippen molar-refractivity contribution in [1.82, 2.24) is 19.9 Å². The van der Waals surface area contributed by atoms with Crippen LogP contribution in [0, 0.1) is 12.7 Å². The third-order valence-corrected chi connectivity index (χ3v) is 6.40. The number of fused-ring (bicyclic) bond motifs is 1. The van der Waals surface area contributed by atoms with Gasteiger partial charge < -0.3 is 20.1 Å². The van der Waals surface area contributed by atoms with E-state index < -0.39 is 30.0 Å². The molecule has 2 aromatic heterocycles. The van der Waals surface area contributed by atoms with Crippen LogP contribution < -0.4 is 10.1 Å². The molecule has 0 radical (unpaired) electrons. The van der Waals surface area contributed by atoms with E-state index in [0.717, 1.165) is 17.2 Å². The third-order valence-electron chi connectivity index (χ3n) is 6.40. The van der Waals surface area contributed by atoms with Crippen LogP contribution in [0.2, 0.25) is 0 Å². The molecule has 0 saturated carbocycles. The summed E-state index contributed by atoms with van der Waals surface area (Å²) >= 11 is 0. The van der Waals surface area contributed by atoms with Crippen molar-refractivity contribution in [3.05, 3.63) is 58.7 Å². The molecular formula is C26H28F3N5O3. The predicted octanol–water partition coefficient (Wildman–Crippen LogP) is 4.37. The number of halogens is 3. The molecule has 11 heteroatoms. The van der Waals surface area contributed by atoms with Crippen LogP contribution in [0.25, 0.3) is 16.6 Å². The van der Waals surface area contributed by atoms with E-state index in [1.165, 1.54) is 26.2 Å². The number of pyridine rings is 1. The van der Waals surface area contributed by atoms with Crippen molar-refractivity contribution < 1.29 is 27.8 Å². The number of carbonyl (C=O) groups is 1. The summed E-state index contributed by atoms with van der Waals surface area (Å²) in [7, 11) is 1.51. The topological polar surface area (TPSA) is 100 Å². The molecule has 0 spiro atoms. The molecule has 1 amide bonds. The normalized spacial score (nSPS) is 14.9. The first-order chi connectivity index (χ1) is 17.6. The lowest BCUT2D eigenvalue weighted by Gasteiger charge is -2.26. The molecular weight excluding hydrogens is 487 g/mol. The molecule has 2 N–H and O–H groups in total. The minimum atomic E-state index is -3.71. The van der Waals surface area contributed by atoms with Crippen LogP contribution in [-0.2, 0) is 10.7 Å². The van der Waals surface area contributed by atoms with E-state index >= 15 is 4.39 Å². The molecule has 0 fully saturated rings. The Bertz CT molecular complexity index is 1380. The molecule has 0 saturated heterocycles. The van der Waals surface area contributed by atoms with E-state index in [2.05, 4.69) is 20.3 Å². The quantitative estimate of drug-likeness (QED) is 0.482. The van der Waals surface area contributed by atoms with Crippen LogP contribution in [0.1, 0.15) is 48.8 Å². The summed E-state index contributed by atoms with van der Waals surface area (Å²) in [6, 6.07) is 4.76. The molecule has 1 aliphatic heterocycles. The number of rotatable bonds is 7. The summed E-state index contributed by atoms with van der Waals surface area (Å²) in [6.45, 7) is 4.36. The molecule has 0 bridgehead atoms. The number of aryl methyl sites for hydroxylation is 1. The van der Waals surface area contributed by atoms with Gasteiger partial charge in [-0.2, -0.15) is 13.8 Å². The minimum absolute atomic E-state index is 0.00342. The second kappa shape index (κ2) is 10.3. The molecule has 196 valence electrons. The zero-order valence-corrected chi connectivity index (χ0v) is 21.0. The molecule has 0 unspecified atom stereocenters. The SMILES string of the molecule is COc1nc2nc(C)nc(N[C@H](C)c3cccc(C(F)(F)CO)c3F)c2cc1C1=CCN(C(C)=O)CC1. The number of anilines is 1. The van der Waals surface area contributed by atoms with Gasteiger partial charge in [0.2, 0.25) is 11.8 Å². The molecule has 0 aliphatic carbocycles. The molecule has 1 aromatic carbocycles. The Morgan fingerprint density at radius 3 is 2.68 bits per heavy atom. The monoisotopic (exact) mass is 515 g/mol. The Balaban J connectivity index is 1.75. The van der Waals surface area contributed by atoms with Gasteiger partial charge in [-0.15, -0.1) is 0 Å². The van der Waals surface area contributed by atoms with Crippen LogP contribution in [-0.4, -0.2) is 57.7 Å². The summed E-state index contributed by atoms with van der Waals surface area (Å²) in [5.41, 5.74) is 1.15. The predicted molar refractivity (Wildman–Crippen MR) is 133 cm³/mol. The fourth-order valence-corrected chi connectivity index (χ4v) is 4.38. The van der Waals surface area contributed by atoms with Gasteiger partial charge in [-0.05, 0) is 38.0 Å². The maximum Gasteiger partial charge on any atom is 0.298 e. The fraction of sp³-hybridized carbons (Fsp3) is 0.385. The van der Waals surface area contributed by atoms with E-state index in [0.29, 0.717) is 48.1 Å². The Morgan fingerprint density at radius 2 is 2.05 bits per heavy atom. The number of amides is 1. The van der Waals surface area contributed by atoms with Crippen molar-refractivity contribution in [2.75, 3.05) is 32.1 Å². The minimum Gasteiger partial charge on any atom is -0.481 e. The summed E-state index contributed by atoms with van der Waals surface area (Å²) < 4.78 is 48.7. The maximum absolute atomic E-state index is 15.1. The number of nitrogens with zero attached hydrogens (tertiary/aromatic N) is 4. The van der Waals surface area contributed by atoms with Gasteiger partial charge in [0.05, 0.1) is 24.1 Å². The van der Waals surface area contributed by atoms with E-state index in [4.69, 9.17) is 9.84 Å². The molecule has 8 nitrogen and oxygen atoms in total. The highest BCUT2D eigenvalue weighted by Gasteiger charge is 2.35. The number of methoxy groups -OCH3 is 1. The first-order valence-electron chi connectivity index (χ1n) is 11.8. The third kappa shape index (κ3) is 5.22. The van der Waals surface area contributed by atoms with E-state index in [1.54, 1.807) is 18.7 Å². The lowest BCUT2D eigenvalue weighted by molar-refractivity contribution is -0.128. The number of aromatic nitrogens is 3. The van der Waals surface area contributed by atoms with Crippen LogP contribution in [0.5, 0.6) is 5.88 Å². The van der Waals surface area contributed by atoms with Crippen LogP contribution in [0.4, 0.5) is 19.0 Å². The highest BCUT2D eigenvalue weighted by molar-refractivity contribution is 5.91. The van der Waals surface area contributed by atoms with E-state index in [9.17, 15) is 13.6 Å². The second-order valence-electron chi connectivity index (χ2n) is 8.92. The van der Waals surface area contributed by atoms with Crippen LogP contribution in [0.3, 0.4) is 0 Å². The van der Waals surface area contributed by atoms with E-state index in [-0.39, 0.29) is 11.5 Å². The van der Waals surface area contributed by atoms with Crippen molar-refractivity contribution in [2.45, 2.75) is 39.2 Å². The number of alkyl halides is 2. The molecule has 3 heterocycles. The average molecular weight is 516 g/mol. The van der Waals surface area contributed by atoms with Gasteiger partial charge in [-0.25, -0.2) is 14.4 Å². The Kier molecular flexibility index (Phi) is 7.35. The standard InChI is InChI=1S/C26H28F3N5O3/c1-14(18-6-5-7-21(22(18)27)26(28,29)13-35)30-23-20-12-19(17-8-10-34(11-9-17)16(3)36)25(37-4)33-24(20)32-15(2)31-23/h5-8,12,14,35H,9-11,13H2,1-4H3,(H,30,31,32,33)/t14-/m1/s1. The summed E-state index contributed by atoms with van der Waals surface area (Å²) in [4.78, 5) is 26.9. The number of hydrogen-bond donors (Lipinski definition) is 2. The fourth-order valence-electron chi connectivity index (χ4n) is 4.38. The molecule has 4 rings (SSSR count). The van der Waals surface area contributed by atoms with Crippen molar-refractivity contribution in [3.63, 3.8) is 0 Å². The molecule has 37 heavy (non-hydrogen) atoms. The molecule has 1 atom stereocenters. The number of carbonyl (C=O) groups excluding carboxylic acids is 1. The molecule has 1 aliphatic rings. The largest absolute Gasteiger partial charge is 0.481 e. The van der Waals surface area contributed by atoms with Gasteiger partial charge in [0.1, 0.15) is 24.1 Å². The number of hydrogen-bond acceptors (Lipinski definition) is 7. The highest BCUT2D eigenvalue weighted by atomic mass is 19.3. The summed E-state index contributed by atoms with van der Waals surface area (Å²) in [6.07, 6.45) is 2.55. The maximum atomic E-state index is 15.1. The summed E-state index contributed by atoms with van der Waals surface area (Å²) in [5.74, 6) is -3.68. The highest BCUT2D eigenvalue weighted by Crippen LogP contribution is 2.36. The Hall–Kier alpha value is -3.73. The smallest absolute Gasteiger partial charge is 0.298 e. The van der Waals surface area contributed by atoms with Gasteiger partial charge in [0.15, 0.2) is 5.65 Å². The number of aliphatic hydroxyl groups is 1. The first-order valence-corrected chi connectivity index (χ1v) is 11.8. The van der Waals surface area contributed by atoms with Crippen LogP contribution >= 0.6 is 0 Å². The lowest BCUT2D eigenvalue weighted by atomic mass is 9.99. The Morgan fingerprint density at radius 1 is 1.30 bits per heavy atom. The Labute approximate surface area is 212 Å². The summed E-state index contributed by atoms with van der Waals surface area (Å²) in [5, 5.41) is 12.7. The van der Waals surface area contributed by atoms with Gasteiger partial charge in [0.25, 0.3) is 5.92 Å². The lowest BCUT2D eigenvalue weighted by Crippen LogP contribution is -2.32. The van der Waals surface area contributed by atoms with Gasteiger partial charge in [-0.1, -0.05) is 18.2 Å². The van der Waals surface area contributed by atoms with Crippen LogP contribution in [0.15, 0.2) is 30.3 Å². The van der Waals surface area contributed by atoms with Gasteiger partial charge in [-0.3, -0.25) is 4.79 Å². The van der Waals surface area contributed by atoms with Crippen molar-refractivity contribution in [3.8, 4) is 5.88 Å². The number of aliphatic hydroxyl groups excluding tert-OH is 1. The zero-order valence-electron chi connectivity index (χ0n) is 21.0. The first kappa shape index (κ1) is 26.3. The number of benzene rings is 1. The van der Waals surface area contributed by atoms with Gasteiger partial charge in [0, 0.05) is 31.1 Å². The number of nitrogens with one attached hydrogen (secondary N) is 1. The second-order valence-corrected chi connectivity index (χ2v) is 8.92. The van der Waals surface area contributed by atoms with Crippen molar-refractivity contribution in [2.24, 2.45) is 0 Å². The molecule has 3 aromatic rings.